The van der Waals surface area contributed by atoms with Crippen molar-refractivity contribution >= 4 is 44.5 Å². The van der Waals surface area contributed by atoms with Crippen LogP contribution in [-0.2, 0) is 23.9 Å². The van der Waals surface area contributed by atoms with E-state index in [2.05, 4.69) is 10.9 Å². The minimum atomic E-state index is -6.22. The predicted octanol–water partition coefficient (Wildman–Crippen LogP) is 4.65. The van der Waals surface area contributed by atoms with E-state index in [1.165, 1.54) is 30.0 Å². The summed E-state index contributed by atoms with van der Waals surface area (Å²) in [6, 6.07) is 7.31. The van der Waals surface area contributed by atoms with Gasteiger partial charge in [0.05, 0.1) is 29.6 Å². The molecule has 0 saturated carbocycles. The standard InChI is InChI=1S/C22H22F3NO7S2/c1-13(31-3)9-11-32-14(2)10-12-34-18-8-7-17-19-15(18)5-4-6-16(19)20(27)26(21(17)28)33-35(29,30)22(23,24)25/h4-8,13H,2,9-12H2,1,3H3. The molecule has 0 N–H and O–H groups in total. The first-order valence-corrected chi connectivity index (χ1v) is 12.7. The van der Waals surface area contributed by atoms with Crippen molar-refractivity contribution in [3.63, 3.8) is 0 Å². The van der Waals surface area contributed by atoms with E-state index in [0.717, 1.165) is 0 Å². The number of alkyl halides is 3. The van der Waals surface area contributed by atoms with Crippen LogP contribution in [0.5, 0.6) is 0 Å². The van der Waals surface area contributed by atoms with Crippen LogP contribution in [0.2, 0.25) is 0 Å². The van der Waals surface area contributed by atoms with Crippen molar-refractivity contribution in [2.45, 2.75) is 36.3 Å². The zero-order chi connectivity index (χ0) is 26.0. The molecule has 190 valence electrons. The number of rotatable bonds is 11. The summed E-state index contributed by atoms with van der Waals surface area (Å²) in [6.07, 6.45) is 1.31. The Balaban J connectivity index is 1.78. The SMILES string of the molecule is C=C(CCSc1ccc2c3c(cccc13)C(=O)N(OS(=O)(=O)C(F)(F)F)C2=O)OCCC(C)OC. The highest BCUT2D eigenvalue weighted by Gasteiger charge is 2.51. The molecule has 8 nitrogen and oxygen atoms in total. The first-order chi connectivity index (χ1) is 16.4. The normalized spacial score (nSPS) is 14.9. The average Bonchev–Trinajstić information content (AvgIpc) is 2.79. The maximum atomic E-state index is 12.7. The van der Waals surface area contributed by atoms with Crippen LogP contribution in [0.3, 0.4) is 0 Å². The Hall–Kier alpha value is -2.61. The van der Waals surface area contributed by atoms with E-state index in [1.807, 2.05) is 6.92 Å². The number of hydrogen-bond acceptors (Lipinski definition) is 8. The van der Waals surface area contributed by atoms with E-state index < -0.39 is 27.4 Å². The van der Waals surface area contributed by atoms with Gasteiger partial charge >= 0.3 is 15.6 Å². The topological polar surface area (TPSA) is 99.2 Å². The first kappa shape index (κ1) is 27.0. The highest BCUT2D eigenvalue weighted by Crippen LogP contribution is 2.37. The molecule has 2 aromatic carbocycles. The number of ether oxygens (including phenoxy) is 2. The molecule has 13 heteroatoms. The van der Waals surface area contributed by atoms with Gasteiger partial charge in [-0.2, -0.15) is 21.6 Å². The molecule has 2 amide bonds. The predicted molar refractivity (Wildman–Crippen MR) is 122 cm³/mol. The lowest BCUT2D eigenvalue weighted by Gasteiger charge is -2.26. The van der Waals surface area contributed by atoms with Crippen LogP contribution in [-0.4, -0.2) is 56.4 Å². The molecule has 1 unspecified atom stereocenters. The highest BCUT2D eigenvalue weighted by molar-refractivity contribution is 7.99. The second kappa shape index (κ2) is 10.6. The third kappa shape index (κ3) is 5.80. The van der Waals surface area contributed by atoms with Crippen LogP contribution in [0.4, 0.5) is 13.2 Å². The summed E-state index contributed by atoms with van der Waals surface area (Å²) in [5.41, 5.74) is -6.12. The van der Waals surface area contributed by atoms with Crippen molar-refractivity contribution in [3.8, 4) is 0 Å². The Morgan fingerprint density at radius 3 is 2.43 bits per heavy atom. The molecule has 3 rings (SSSR count). The number of carbonyl (C=O) groups is 2. The molecule has 1 aliphatic rings. The van der Waals surface area contributed by atoms with Crippen LogP contribution in [0.1, 0.15) is 40.5 Å². The minimum Gasteiger partial charge on any atom is -0.498 e. The van der Waals surface area contributed by atoms with Gasteiger partial charge in [0, 0.05) is 36.0 Å². The summed E-state index contributed by atoms with van der Waals surface area (Å²) in [6.45, 7) is 6.27. The van der Waals surface area contributed by atoms with E-state index >= 15 is 0 Å². The number of methoxy groups -OCH3 is 1. The molecule has 1 heterocycles. The Labute approximate surface area is 204 Å². The van der Waals surface area contributed by atoms with Gasteiger partial charge in [-0.05, 0) is 30.5 Å². The molecule has 0 spiro atoms. The lowest BCUT2D eigenvalue weighted by molar-refractivity contribution is -0.0761. The molecule has 0 bridgehead atoms. The summed E-state index contributed by atoms with van der Waals surface area (Å²) in [5, 5.41) is 0.351. The van der Waals surface area contributed by atoms with Gasteiger partial charge in [0.15, 0.2) is 0 Å². The van der Waals surface area contributed by atoms with Crippen molar-refractivity contribution in [1.82, 2.24) is 5.06 Å². The Bertz CT molecular complexity index is 1240. The summed E-state index contributed by atoms with van der Waals surface area (Å²) in [4.78, 5) is 26.1. The molecule has 0 aromatic heterocycles. The van der Waals surface area contributed by atoms with Gasteiger partial charge in [0.25, 0.3) is 11.8 Å². The molecule has 35 heavy (non-hydrogen) atoms. The van der Waals surface area contributed by atoms with Gasteiger partial charge in [0.1, 0.15) is 0 Å². The number of thioether (sulfide) groups is 1. The first-order valence-electron chi connectivity index (χ1n) is 10.3. The monoisotopic (exact) mass is 533 g/mol. The smallest absolute Gasteiger partial charge is 0.498 e. The number of halogens is 3. The molecule has 1 aliphatic heterocycles. The summed E-state index contributed by atoms with van der Waals surface area (Å²) in [5.74, 6) is -1.46. The number of carbonyl (C=O) groups excluding carboxylic acids is 2. The number of hydroxylamine groups is 2. The van der Waals surface area contributed by atoms with Crippen molar-refractivity contribution in [3.05, 3.63) is 53.8 Å². The fourth-order valence-corrected chi connectivity index (χ4v) is 4.67. The third-order valence-electron chi connectivity index (χ3n) is 5.16. The average molecular weight is 534 g/mol. The molecule has 0 fully saturated rings. The van der Waals surface area contributed by atoms with Crippen molar-refractivity contribution < 1.29 is 44.9 Å². The van der Waals surface area contributed by atoms with Crippen LogP contribution in [0, 0.1) is 0 Å². The fraction of sp³-hybridized carbons (Fsp3) is 0.364. The second-order valence-corrected chi connectivity index (χ2v) is 10.2. The summed E-state index contributed by atoms with van der Waals surface area (Å²) < 4.78 is 75.6. The zero-order valence-corrected chi connectivity index (χ0v) is 20.4. The number of hydrogen-bond donors (Lipinski definition) is 0. The molecule has 0 radical (unpaired) electrons. The number of benzene rings is 2. The Morgan fingerprint density at radius 2 is 1.80 bits per heavy atom. The fourth-order valence-electron chi connectivity index (χ4n) is 3.22. The molecule has 1 atom stereocenters. The lowest BCUT2D eigenvalue weighted by atomic mass is 9.95. The summed E-state index contributed by atoms with van der Waals surface area (Å²) in [7, 11) is -4.61. The van der Waals surface area contributed by atoms with Gasteiger partial charge in [0.2, 0.25) is 0 Å². The van der Waals surface area contributed by atoms with E-state index in [1.54, 1.807) is 19.2 Å². The maximum Gasteiger partial charge on any atom is 0.525 e. The number of amides is 2. The van der Waals surface area contributed by atoms with Gasteiger partial charge in [-0.3, -0.25) is 9.59 Å². The summed E-state index contributed by atoms with van der Waals surface area (Å²) >= 11 is 1.41. The van der Waals surface area contributed by atoms with E-state index in [0.29, 0.717) is 41.2 Å². The second-order valence-electron chi connectivity index (χ2n) is 7.54. The molecule has 0 aliphatic carbocycles. The Kier molecular flexibility index (Phi) is 8.14. The highest BCUT2D eigenvalue weighted by atomic mass is 32.2. The van der Waals surface area contributed by atoms with Crippen molar-refractivity contribution in [2.75, 3.05) is 19.5 Å². The van der Waals surface area contributed by atoms with E-state index in [4.69, 9.17) is 9.47 Å². The largest absolute Gasteiger partial charge is 0.525 e. The van der Waals surface area contributed by atoms with Crippen molar-refractivity contribution in [1.29, 1.82) is 0 Å². The number of imide groups is 1. The van der Waals surface area contributed by atoms with Crippen LogP contribution < -0.4 is 0 Å². The molecule has 0 saturated heterocycles. The van der Waals surface area contributed by atoms with Gasteiger partial charge < -0.3 is 9.47 Å². The maximum absolute atomic E-state index is 12.7. The van der Waals surface area contributed by atoms with E-state index in [9.17, 15) is 31.2 Å². The van der Waals surface area contributed by atoms with E-state index in [-0.39, 0.29) is 27.7 Å². The van der Waals surface area contributed by atoms with Gasteiger partial charge in [-0.15, -0.1) is 21.1 Å². The lowest BCUT2D eigenvalue weighted by Crippen LogP contribution is -2.44. The Morgan fingerprint density at radius 1 is 1.14 bits per heavy atom. The van der Waals surface area contributed by atoms with Gasteiger partial charge in [-0.1, -0.05) is 18.7 Å². The van der Waals surface area contributed by atoms with Crippen LogP contribution in [0.15, 0.2) is 47.6 Å². The number of allylic oxidation sites excluding steroid dienone is 1. The minimum absolute atomic E-state index is 0.0649. The molecular formula is C22H22F3NO7S2. The zero-order valence-electron chi connectivity index (χ0n) is 18.8. The quantitative estimate of drug-likeness (QED) is 0.178. The van der Waals surface area contributed by atoms with Crippen LogP contribution in [0.25, 0.3) is 10.8 Å². The number of nitrogens with zero attached hydrogens (tertiary/aromatic N) is 1. The van der Waals surface area contributed by atoms with Crippen LogP contribution >= 0.6 is 11.8 Å². The molecular weight excluding hydrogens is 511 g/mol. The molecule has 2 aromatic rings. The van der Waals surface area contributed by atoms with Crippen molar-refractivity contribution in [2.24, 2.45) is 0 Å². The third-order valence-corrected chi connectivity index (χ3v) is 7.15. The van der Waals surface area contributed by atoms with Gasteiger partial charge in [-0.25, -0.2) is 0 Å².